The van der Waals surface area contributed by atoms with Crippen LogP contribution >= 0.6 is 0 Å². The first-order chi connectivity index (χ1) is 24.3. The number of carboxylic acid groups (broad SMARTS) is 1. The number of piperazine rings is 1. The van der Waals surface area contributed by atoms with Gasteiger partial charge in [0.15, 0.2) is 11.9 Å². The molecular formula is C33H49F3N10O7. The SMILES string of the molecule is CC(C)(C)OC(=O)N1CCN(C(=O)NCc2ccc(N=C(N)N)cc2)CC1.CC(C)(C)OC(=O)NCc1ccc(N=C(N)N)cc1.O=C(O)C(F)(F)F. The molecule has 294 valence electrons. The average molecular weight is 755 g/mol. The van der Waals surface area contributed by atoms with Crippen molar-refractivity contribution in [3.8, 4) is 0 Å². The fourth-order valence-corrected chi connectivity index (χ4v) is 3.87. The highest BCUT2D eigenvalue weighted by atomic mass is 19.4. The zero-order chi connectivity index (χ0) is 40.6. The van der Waals surface area contributed by atoms with Crippen LogP contribution < -0.4 is 33.6 Å². The number of urea groups is 1. The van der Waals surface area contributed by atoms with E-state index in [1.54, 1.807) is 34.1 Å². The van der Waals surface area contributed by atoms with E-state index in [0.29, 0.717) is 50.6 Å². The first kappa shape index (κ1) is 45.1. The maximum atomic E-state index is 12.3. The van der Waals surface area contributed by atoms with Crippen molar-refractivity contribution in [2.75, 3.05) is 26.2 Å². The molecule has 53 heavy (non-hydrogen) atoms. The molecule has 17 nitrogen and oxygen atoms in total. The number of benzene rings is 2. The number of nitrogens with two attached hydrogens (primary N) is 4. The van der Waals surface area contributed by atoms with Crippen molar-refractivity contribution in [2.24, 2.45) is 32.9 Å². The summed E-state index contributed by atoms with van der Waals surface area (Å²) >= 11 is 0. The minimum atomic E-state index is -5.08. The Labute approximate surface area is 305 Å². The number of carbonyl (C=O) groups excluding carboxylic acids is 3. The molecule has 0 aliphatic carbocycles. The number of aliphatic imine (C=N–C) groups is 2. The second-order valence-corrected chi connectivity index (χ2v) is 13.2. The molecular weight excluding hydrogens is 705 g/mol. The molecule has 2 aromatic carbocycles. The molecule has 20 heteroatoms. The summed E-state index contributed by atoms with van der Waals surface area (Å²) in [5, 5.41) is 12.7. The molecule has 1 aliphatic rings. The fourth-order valence-electron chi connectivity index (χ4n) is 3.87. The minimum Gasteiger partial charge on any atom is -0.475 e. The van der Waals surface area contributed by atoms with Gasteiger partial charge in [-0.15, -0.1) is 0 Å². The van der Waals surface area contributed by atoms with Gasteiger partial charge in [0.1, 0.15) is 11.2 Å². The van der Waals surface area contributed by atoms with Crippen molar-refractivity contribution < 1.29 is 46.9 Å². The van der Waals surface area contributed by atoms with Crippen LogP contribution in [0.4, 0.5) is 38.9 Å². The highest BCUT2D eigenvalue weighted by Gasteiger charge is 2.38. The standard InChI is InChI=1S/C18H28N6O3.C13H20N4O2.C2HF3O2/c1-18(2,3)27-17(26)24-10-8-23(9-11-24)16(25)21-12-13-4-6-14(7-5-13)22-15(19)20;1-13(2,3)19-12(18)16-8-9-4-6-10(7-5-9)17-11(14)15;3-2(4,5)1(6)7/h4-7H,8-12H2,1-3H3,(H,21,25)(H4,19,20,22);4-7H,8H2,1-3H3,(H,16,18)(H4,14,15,17);(H,6,7). The summed E-state index contributed by atoms with van der Waals surface area (Å²) in [7, 11) is 0. The Morgan fingerprint density at radius 3 is 1.38 bits per heavy atom. The van der Waals surface area contributed by atoms with Gasteiger partial charge in [-0.3, -0.25) is 0 Å². The third-order valence-electron chi connectivity index (χ3n) is 6.13. The van der Waals surface area contributed by atoms with Crippen LogP contribution in [0.5, 0.6) is 0 Å². The molecule has 2 aromatic rings. The van der Waals surface area contributed by atoms with Crippen molar-refractivity contribution in [2.45, 2.75) is 72.0 Å². The average Bonchev–Trinajstić information content (AvgIpc) is 3.02. The summed E-state index contributed by atoms with van der Waals surface area (Å²) < 4.78 is 42.2. The summed E-state index contributed by atoms with van der Waals surface area (Å²) in [6.07, 6.45) is -5.87. The number of carboxylic acids is 1. The third kappa shape index (κ3) is 20.5. The third-order valence-corrected chi connectivity index (χ3v) is 6.13. The first-order valence-electron chi connectivity index (χ1n) is 16.0. The van der Waals surface area contributed by atoms with E-state index in [4.69, 9.17) is 42.3 Å². The number of hydrogen-bond acceptors (Lipinski definition) is 8. The molecule has 11 N–H and O–H groups in total. The molecule has 1 heterocycles. The van der Waals surface area contributed by atoms with Crippen LogP contribution in [0.2, 0.25) is 0 Å². The molecule has 0 spiro atoms. The summed E-state index contributed by atoms with van der Waals surface area (Å²) in [5.74, 6) is -2.74. The number of nitrogens with zero attached hydrogens (tertiary/aromatic N) is 4. The predicted octanol–water partition coefficient (Wildman–Crippen LogP) is 3.60. The number of amides is 4. The molecule has 0 saturated carbocycles. The molecule has 0 radical (unpaired) electrons. The van der Waals surface area contributed by atoms with Crippen molar-refractivity contribution in [3.05, 3.63) is 59.7 Å². The van der Waals surface area contributed by atoms with Gasteiger partial charge in [0.25, 0.3) is 0 Å². The number of alkyl carbamates (subject to hydrolysis) is 1. The van der Waals surface area contributed by atoms with Gasteiger partial charge in [0.2, 0.25) is 0 Å². The van der Waals surface area contributed by atoms with E-state index in [2.05, 4.69) is 20.6 Å². The van der Waals surface area contributed by atoms with E-state index in [9.17, 15) is 27.6 Å². The number of hydrogen-bond donors (Lipinski definition) is 7. The smallest absolute Gasteiger partial charge is 0.475 e. The number of carbonyl (C=O) groups is 4. The highest BCUT2D eigenvalue weighted by Crippen LogP contribution is 2.16. The number of rotatable bonds is 6. The number of aliphatic carboxylic acids is 1. The molecule has 3 rings (SSSR count). The van der Waals surface area contributed by atoms with Gasteiger partial charge < -0.3 is 57.9 Å². The summed E-state index contributed by atoms with van der Waals surface area (Å²) in [5.41, 5.74) is 23.4. The second-order valence-electron chi connectivity index (χ2n) is 13.2. The van der Waals surface area contributed by atoms with Crippen LogP contribution in [-0.4, -0.2) is 94.6 Å². The monoisotopic (exact) mass is 754 g/mol. The number of alkyl halides is 3. The molecule has 1 fully saturated rings. The summed E-state index contributed by atoms with van der Waals surface area (Å²) in [4.78, 5) is 55.9. The van der Waals surface area contributed by atoms with Crippen molar-refractivity contribution in [3.63, 3.8) is 0 Å². The lowest BCUT2D eigenvalue weighted by molar-refractivity contribution is -0.192. The lowest BCUT2D eigenvalue weighted by Gasteiger charge is -2.35. The normalized spacial score (nSPS) is 12.7. The van der Waals surface area contributed by atoms with Gasteiger partial charge in [-0.05, 0) is 76.9 Å². The molecule has 4 amide bonds. The number of guanidine groups is 2. The van der Waals surface area contributed by atoms with Gasteiger partial charge in [0, 0.05) is 39.3 Å². The van der Waals surface area contributed by atoms with Crippen molar-refractivity contribution >= 4 is 47.5 Å². The number of halogens is 3. The molecule has 0 aromatic heterocycles. The summed E-state index contributed by atoms with van der Waals surface area (Å²) in [6.45, 7) is 13.6. The van der Waals surface area contributed by atoms with Crippen LogP contribution in [0.15, 0.2) is 58.5 Å². The molecule has 1 aliphatic heterocycles. The Hall–Kier alpha value is -5.95. The molecule has 0 unspecified atom stereocenters. The van der Waals surface area contributed by atoms with E-state index in [0.717, 1.165) is 11.1 Å². The maximum absolute atomic E-state index is 12.3. The second kappa shape index (κ2) is 20.2. The van der Waals surface area contributed by atoms with E-state index < -0.39 is 29.4 Å². The van der Waals surface area contributed by atoms with E-state index in [-0.39, 0.29) is 24.0 Å². The number of ether oxygens (including phenoxy) is 2. The Morgan fingerprint density at radius 2 is 1.04 bits per heavy atom. The molecule has 0 bridgehead atoms. The van der Waals surface area contributed by atoms with E-state index >= 15 is 0 Å². The Morgan fingerprint density at radius 1 is 0.679 bits per heavy atom. The Kier molecular flexibility index (Phi) is 17.2. The van der Waals surface area contributed by atoms with Crippen LogP contribution in [-0.2, 0) is 27.4 Å². The van der Waals surface area contributed by atoms with Gasteiger partial charge in [-0.2, -0.15) is 13.2 Å². The predicted molar refractivity (Wildman–Crippen MR) is 192 cm³/mol. The minimum absolute atomic E-state index is 0.00146. The van der Waals surface area contributed by atoms with Crippen LogP contribution in [0.1, 0.15) is 52.7 Å². The largest absolute Gasteiger partial charge is 0.490 e. The van der Waals surface area contributed by atoms with Crippen LogP contribution in [0, 0.1) is 0 Å². The van der Waals surface area contributed by atoms with Gasteiger partial charge in [0.05, 0.1) is 11.4 Å². The molecule has 0 atom stereocenters. The van der Waals surface area contributed by atoms with Gasteiger partial charge in [-0.25, -0.2) is 29.2 Å². The maximum Gasteiger partial charge on any atom is 0.490 e. The highest BCUT2D eigenvalue weighted by molar-refractivity contribution is 5.79. The lowest BCUT2D eigenvalue weighted by Crippen LogP contribution is -2.53. The summed E-state index contributed by atoms with van der Waals surface area (Å²) in [6, 6.07) is 14.3. The quantitative estimate of drug-likeness (QED) is 0.165. The van der Waals surface area contributed by atoms with E-state index in [1.807, 2.05) is 65.8 Å². The topological polar surface area (TPSA) is 266 Å². The zero-order valence-electron chi connectivity index (χ0n) is 30.5. The number of nitrogens with one attached hydrogen (secondary N) is 2. The Bertz CT molecular complexity index is 1560. The van der Waals surface area contributed by atoms with E-state index in [1.165, 1.54) is 0 Å². The van der Waals surface area contributed by atoms with Crippen molar-refractivity contribution in [1.82, 2.24) is 20.4 Å². The fraction of sp³-hybridized carbons (Fsp3) is 0.455. The zero-order valence-corrected chi connectivity index (χ0v) is 30.5. The van der Waals surface area contributed by atoms with Crippen LogP contribution in [0.25, 0.3) is 0 Å². The first-order valence-corrected chi connectivity index (χ1v) is 16.0. The Balaban J connectivity index is 0.000000468. The molecule has 1 saturated heterocycles. The van der Waals surface area contributed by atoms with Crippen molar-refractivity contribution in [1.29, 1.82) is 0 Å². The lowest BCUT2D eigenvalue weighted by atomic mass is 10.2. The van der Waals surface area contributed by atoms with Crippen LogP contribution in [0.3, 0.4) is 0 Å². The van der Waals surface area contributed by atoms with Gasteiger partial charge >= 0.3 is 30.4 Å². The van der Waals surface area contributed by atoms with Gasteiger partial charge in [-0.1, -0.05) is 24.3 Å².